The van der Waals surface area contributed by atoms with Gasteiger partial charge >= 0.3 is 5.97 Å². The molecule has 0 saturated carbocycles. The van der Waals surface area contributed by atoms with Crippen LogP contribution in [0.5, 0.6) is 0 Å². The molecule has 1 fully saturated rings. The third kappa shape index (κ3) is 3.36. The van der Waals surface area contributed by atoms with Crippen LogP contribution < -0.4 is 5.32 Å². The molecule has 0 spiro atoms. The Bertz CT molecular complexity index is 259. The number of hydrogen-bond acceptors (Lipinski definition) is 3. The van der Waals surface area contributed by atoms with E-state index in [1.54, 1.807) is 0 Å². The van der Waals surface area contributed by atoms with Crippen molar-refractivity contribution in [2.75, 3.05) is 19.6 Å². The Morgan fingerprint density at radius 2 is 2.33 bits per heavy atom. The number of hydrogen-bond donors (Lipinski definition) is 2. The molecular weight excluding hydrogens is 196 g/mol. The molecule has 5 heteroatoms. The van der Waals surface area contributed by atoms with Gasteiger partial charge in [-0.05, 0) is 19.4 Å². The van der Waals surface area contributed by atoms with Crippen LogP contribution in [0.3, 0.4) is 0 Å². The van der Waals surface area contributed by atoms with E-state index < -0.39 is 5.97 Å². The highest BCUT2D eigenvalue weighted by Gasteiger charge is 2.27. The molecule has 5 nitrogen and oxygen atoms in total. The minimum Gasteiger partial charge on any atom is -0.480 e. The monoisotopic (exact) mass is 212 g/mol. The first-order valence-corrected chi connectivity index (χ1v) is 5.00. The zero-order chi connectivity index (χ0) is 11.3. The highest BCUT2D eigenvalue weighted by atomic mass is 16.4. The lowest BCUT2D eigenvalue weighted by atomic mass is 10.2. The fourth-order valence-electron chi connectivity index (χ4n) is 1.67. The van der Waals surface area contributed by atoms with Crippen molar-refractivity contribution in [2.45, 2.75) is 18.9 Å². The highest BCUT2D eigenvalue weighted by Crippen LogP contribution is 2.08. The topological polar surface area (TPSA) is 69.6 Å². The SMILES string of the molecule is C=CCN(CC(=O)O)C(=O)[C@@H]1CCCN1. The summed E-state index contributed by atoms with van der Waals surface area (Å²) in [5, 5.41) is 11.7. The van der Waals surface area contributed by atoms with Crippen molar-refractivity contribution >= 4 is 11.9 Å². The number of carbonyl (C=O) groups is 2. The van der Waals surface area contributed by atoms with Gasteiger partial charge in [-0.15, -0.1) is 6.58 Å². The van der Waals surface area contributed by atoms with Crippen LogP contribution in [0, 0.1) is 0 Å². The number of rotatable bonds is 5. The summed E-state index contributed by atoms with van der Waals surface area (Å²) >= 11 is 0. The number of aliphatic carboxylic acids is 1. The molecule has 1 atom stereocenters. The van der Waals surface area contributed by atoms with Crippen molar-refractivity contribution < 1.29 is 14.7 Å². The van der Waals surface area contributed by atoms with E-state index in [-0.39, 0.29) is 25.0 Å². The van der Waals surface area contributed by atoms with Crippen LogP contribution in [-0.4, -0.2) is 47.6 Å². The molecule has 1 rings (SSSR count). The van der Waals surface area contributed by atoms with Gasteiger partial charge in [0.1, 0.15) is 6.54 Å². The second-order valence-electron chi connectivity index (χ2n) is 3.55. The molecule has 1 amide bonds. The third-order valence-corrected chi connectivity index (χ3v) is 2.35. The van der Waals surface area contributed by atoms with Gasteiger partial charge in [0.05, 0.1) is 6.04 Å². The van der Waals surface area contributed by atoms with Gasteiger partial charge in [0.2, 0.25) is 5.91 Å². The fourth-order valence-corrected chi connectivity index (χ4v) is 1.67. The van der Waals surface area contributed by atoms with E-state index in [4.69, 9.17) is 5.11 Å². The van der Waals surface area contributed by atoms with Crippen LogP contribution in [0.4, 0.5) is 0 Å². The maximum atomic E-state index is 11.8. The standard InChI is InChI=1S/C10H16N2O3/c1-2-6-12(7-9(13)14)10(15)8-4-3-5-11-8/h2,8,11H,1,3-7H2,(H,13,14)/t8-/m0/s1. The predicted molar refractivity (Wildman–Crippen MR) is 55.4 cm³/mol. The summed E-state index contributed by atoms with van der Waals surface area (Å²) in [5.41, 5.74) is 0. The molecule has 0 aromatic heterocycles. The Labute approximate surface area is 88.8 Å². The molecule has 2 N–H and O–H groups in total. The largest absolute Gasteiger partial charge is 0.480 e. The van der Waals surface area contributed by atoms with Gasteiger partial charge in [0.15, 0.2) is 0 Å². The Morgan fingerprint density at radius 1 is 1.60 bits per heavy atom. The quantitative estimate of drug-likeness (QED) is 0.621. The van der Waals surface area contributed by atoms with Crippen LogP contribution in [0.1, 0.15) is 12.8 Å². The Balaban J connectivity index is 2.56. The fraction of sp³-hybridized carbons (Fsp3) is 0.600. The molecule has 15 heavy (non-hydrogen) atoms. The lowest BCUT2D eigenvalue weighted by Gasteiger charge is -2.22. The van der Waals surface area contributed by atoms with Crippen molar-refractivity contribution in [1.82, 2.24) is 10.2 Å². The van der Waals surface area contributed by atoms with Crippen molar-refractivity contribution in [2.24, 2.45) is 0 Å². The molecule has 0 radical (unpaired) electrons. The van der Waals surface area contributed by atoms with E-state index in [1.165, 1.54) is 11.0 Å². The van der Waals surface area contributed by atoms with Crippen LogP contribution >= 0.6 is 0 Å². The third-order valence-electron chi connectivity index (χ3n) is 2.35. The maximum absolute atomic E-state index is 11.8. The summed E-state index contributed by atoms with van der Waals surface area (Å²) in [7, 11) is 0. The molecule has 1 heterocycles. The lowest BCUT2D eigenvalue weighted by Crippen LogP contribution is -2.45. The summed E-state index contributed by atoms with van der Waals surface area (Å²) in [5.74, 6) is -1.14. The minimum atomic E-state index is -0.997. The average molecular weight is 212 g/mol. The van der Waals surface area contributed by atoms with Gasteiger partial charge in [-0.3, -0.25) is 9.59 Å². The number of carboxylic acids is 1. The van der Waals surface area contributed by atoms with Crippen LogP contribution in [-0.2, 0) is 9.59 Å². The zero-order valence-corrected chi connectivity index (χ0v) is 8.61. The summed E-state index contributed by atoms with van der Waals surface area (Å²) in [6.07, 6.45) is 3.29. The summed E-state index contributed by atoms with van der Waals surface area (Å²) in [6, 6.07) is -0.218. The van der Waals surface area contributed by atoms with Crippen molar-refractivity contribution in [3.63, 3.8) is 0 Å². The molecule has 1 saturated heterocycles. The number of carbonyl (C=O) groups excluding carboxylic acids is 1. The molecule has 1 aliphatic rings. The highest BCUT2D eigenvalue weighted by molar-refractivity contribution is 5.85. The molecular formula is C10H16N2O3. The molecule has 0 unspecified atom stereocenters. The van der Waals surface area contributed by atoms with E-state index in [0.717, 1.165) is 19.4 Å². The average Bonchev–Trinajstić information content (AvgIpc) is 2.68. The molecule has 1 aliphatic heterocycles. The van der Waals surface area contributed by atoms with Gasteiger partial charge in [0, 0.05) is 6.54 Å². The smallest absolute Gasteiger partial charge is 0.323 e. The van der Waals surface area contributed by atoms with E-state index >= 15 is 0 Å². The first kappa shape index (κ1) is 11.7. The number of amides is 1. The first-order chi connectivity index (χ1) is 7.15. The van der Waals surface area contributed by atoms with Crippen molar-refractivity contribution in [3.8, 4) is 0 Å². The molecule has 0 aliphatic carbocycles. The zero-order valence-electron chi connectivity index (χ0n) is 8.61. The molecule has 0 aromatic rings. The van der Waals surface area contributed by atoms with E-state index in [2.05, 4.69) is 11.9 Å². The van der Waals surface area contributed by atoms with E-state index in [1.807, 2.05) is 0 Å². The van der Waals surface area contributed by atoms with Crippen LogP contribution in [0.15, 0.2) is 12.7 Å². The molecule has 84 valence electrons. The summed E-state index contributed by atoms with van der Waals surface area (Å²) < 4.78 is 0. The van der Waals surface area contributed by atoms with Crippen LogP contribution in [0.25, 0.3) is 0 Å². The molecule has 0 bridgehead atoms. The Morgan fingerprint density at radius 3 is 2.80 bits per heavy atom. The lowest BCUT2D eigenvalue weighted by molar-refractivity contribution is -0.144. The summed E-state index contributed by atoms with van der Waals surface area (Å²) in [6.45, 7) is 4.35. The van der Waals surface area contributed by atoms with Gasteiger partial charge in [-0.1, -0.05) is 6.08 Å². The Kier molecular flexibility index (Phi) is 4.30. The van der Waals surface area contributed by atoms with Crippen molar-refractivity contribution in [3.05, 3.63) is 12.7 Å². The van der Waals surface area contributed by atoms with Crippen LogP contribution in [0.2, 0.25) is 0 Å². The first-order valence-electron chi connectivity index (χ1n) is 5.00. The van der Waals surface area contributed by atoms with Crippen molar-refractivity contribution in [1.29, 1.82) is 0 Å². The number of nitrogens with zero attached hydrogens (tertiary/aromatic N) is 1. The number of carboxylic acid groups (broad SMARTS) is 1. The van der Waals surface area contributed by atoms with E-state index in [9.17, 15) is 9.59 Å². The predicted octanol–water partition coefficient (Wildman–Crippen LogP) is -0.162. The van der Waals surface area contributed by atoms with Gasteiger partial charge < -0.3 is 15.3 Å². The van der Waals surface area contributed by atoms with Gasteiger partial charge in [-0.2, -0.15) is 0 Å². The number of nitrogens with one attached hydrogen (secondary N) is 1. The normalized spacial score (nSPS) is 19.9. The Hall–Kier alpha value is -1.36. The second-order valence-corrected chi connectivity index (χ2v) is 3.55. The van der Waals surface area contributed by atoms with E-state index in [0.29, 0.717) is 0 Å². The minimum absolute atomic E-state index is 0.144. The molecule has 0 aromatic carbocycles. The van der Waals surface area contributed by atoms with Gasteiger partial charge in [-0.25, -0.2) is 0 Å². The summed E-state index contributed by atoms with van der Waals surface area (Å²) in [4.78, 5) is 23.7. The second kappa shape index (κ2) is 5.50. The maximum Gasteiger partial charge on any atom is 0.323 e. The van der Waals surface area contributed by atoms with Gasteiger partial charge in [0.25, 0.3) is 0 Å².